The molecule has 4 nitrogen and oxygen atoms in total. The maximum Gasteiger partial charge on any atom is 0.236 e. The van der Waals surface area contributed by atoms with Crippen molar-refractivity contribution in [3.8, 4) is 5.75 Å². The third kappa shape index (κ3) is 5.56. The van der Waals surface area contributed by atoms with Crippen LogP contribution >= 0.6 is 12.4 Å². The van der Waals surface area contributed by atoms with E-state index in [0.717, 1.165) is 11.3 Å². The van der Waals surface area contributed by atoms with E-state index in [1.807, 2.05) is 31.2 Å². The van der Waals surface area contributed by atoms with Crippen LogP contribution in [0.3, 0.4) is 0 Å². The number of ether oxygens (including phenoxy) is 1. The molecule has 1 rings (SSSR count). The van der Waals surface area contributed by atoms with Crippen molar-refractivity contribution in [2.24, 2.45) is 5.73 Å². The lowest BCUT2D eigenvalue weighted by Crippen LogP contribution is -2.37. The van der Waals surface area contributed by atoms with Gasteiger partial charge in [-0.2, -0.15) is 0 Å². The van der Waals surface area contributed by atoms with Crippen LogP contribution in [-0.4, -0.2) is 18.6 Å². The third-order valence-corrected chi connectivity index (χ3v) is 2.09. The van der Waals surface area contributed by atoms with Gasteiger partial charge in [0.25, 0.3) is 0 Å². The third-order valence-electron chi connectivity index (χ3n) is 2.09. The number of rotatable bonds is 5. The van der Waals surface area contributed by atoms with E-state index < -0.39 is 6.04 Å². The van der Waals surface area contributed by atoms with Crippen molar-refractivity contribution in [1.82, 2.24) is 5.32 Å². The molecule has 0 saturated heterocycles. The summed E-state index contributed by atoms with van der Waals surface area (Å²) in [6.45, 7) is 4.70. The summed E-state index contributed by atoms with van der Waals surface area (Å²) in [7, 11) is 0. The predicted molar refractivity (Wildman–Crippen MR) is 70.4 cm³/mol. The molecule has 1 aromatic carbocycles. The van der Waals surface area contributed by atoms with Crippen molar-refractivity contribution in [3.63, 3.8) is 0 Å². The lowest BCUT2D eigenvalue weighted by Gasteiger charge is -2.09. The van der Waals surface area contributed by atoms with Gasteiger partial charge in [-0.25, -0.2) is 0 Å². The standard InChI is InChI=1S/C12H18N2O2.ClH/c1-3-16-11-6-4-5-10(7-11)8-14-12(15)9(2)13;/h4-7,9H,3,8,13H2,1-2H3,(H,14,15);1H/t9-;/m0./s1. The van der Waals surface area contributed by atoms with Gasteiger partial charge in [0.1, 0.15) is 5.75 Å². The highest BCUT2D eigenvalue weighted by Gasteiger charge is 2.06. The molecule has 0 aliphatic rings. The molecule has 0 saturated carbocycles. The molecule has 0 radical (unpaired) electrons. The van der Waals surface area contributed by atoms with Crippen LogP contribution in [0.4, 0.5) is 0 Å². The zero-order valence-corrected chi connectivity index (χ0v) is 10.9. The zero-order valence-electron chi connectivity index (χ0n) is 10.1. The SMILES string of the molecule is CCOc1cccc(CNC(=O)[C@H](C)N)c1.Cl. The zero-order chi connectivity index (χ0) is 12.0. The highest BCUT2D eigenvalue weighted by molar-refractivity contribution is 5.85. The van der Waals surface area contributed by atoms with Crippen molar-refractivity contribution in [2.75, 3.05) is 6.61 Å². The van der Waals surface area contributed by atoms with E-state index in [1.165, 1.54) is 0 Å². The van der Waals surface area contributed by atoms with Crippen LogP contribution in [0.1, 0.15) is 19.4 Å². The summed E-state index contributed by atoms with van der Waals surface area (Å²) in [6.07, 6.45) is 0. The Bertz CT molecular complexity index is 356. The van der Waals surface area contributed by atoms with Crippen LogP contribution in [0.15, 0.2) is 24.3 Å². The van der Waals surface area contributed by atoms with Crippen LogP contribution in [0.25, 0.3) is 0 Å². The van der Waals surface area contributed by atoms with Gasteiger partial charge in [0.05, 0.1) is 12.6 Å². The molecule has 1 amide bonds. The van der Waals surface area contributed by atoms with Crippen LogP contribution in [-0.2, 0) is 11.3 Å². The van der Waals surface area contributed by atoms with Crippen LogP contribution < -0.4 is 15.8 Å². The number of nitrogens with two attached hydrogens (primary N) is 1. The van der Waals surface area contributed by atoms with E-state index in [0.29, 0.717) is 13.2 Å². The molecule has 0 spiro atoms. The first-order valence-electron chi connectivity index (χ1n) is 5.38. The normalized spacial score (nSPS) is 11.2. The summed E-state index contributed by atoms with van der Waals surface area (Å²) >= 11 is 0. The van der Waals surface area contributed by atoms with Gasteiger partial charge in [-0.15, -0.1) is 12.4 Å². The molecule has 0 unspecified atom stereocenters. The highest BCUT2D eigenvalue weighted by Crippen LogP contribution is 2.12. The minimum atomic E-state index is -0.477. The quantitative estimate of drug-likeness (QED) is 0.841. The molecule has 17 heavy (non-hydrogen) atoms. The van der Waals surface area contributed by atoms with Gasteiger partial charge in [0.15, 0.2) is 0 Å². The van der Waals surface area contributed by atoms with Crippen LogP contribution in [0, 0.1) is 0 Å². The molecule has 0 bridgehead atoms. The second-order valence-electron chi connectivity index (χ2n) is 3.59. The predicted octanol–water partition coefficient (Wildman–Crippen LogP) is 1.47. The average molecular weight is 259 g/mol. The number of halogens is 1. The summed E-state index contributed by atoms with van der Waals surface area (Å²) in [5, 5.41) is 2.75. The summed E-state index contributed by atoms with van der Waals surface area (Å²) in [5.74, 6) is 0.664. The second-order valence-corrected chi connectivity index (χ2v) is 3.59. The molecular weight excluding hydrogens is 240 g/mol. The number of amides is 1. The molecule has 0 heterocycles. The maximum atomic E-state index is 11.3. The van der Waals surface area contributed by atoms with Gasteiger partial charge >= 0.3 is 0 Å². The molecule has 0 aliphatic heterocycles. The number of hydrogen-bond donors (Lipinski definition) is 2. The first kappa shape index (κ1) is 15.7. The van der Waals surface area contributed by atoms with E-state index in [-0.39, 0.29) is 18.3 Å². The minimum Gasteiger partial charge on any atom is -0.494 e. The summed E-state index contributed by atoms with van der Waals surface area (Å²) in [4.78, 5) is 11.3. The Morgan fingerprint density at radius 1 is 1.53 bits per heavy atom. The Morgan fingerprint density at radius 2 is 2.24 bits per heavy atom. The second kappa shape index (κ2) is 7.92. The number of nitrogens with one attached hydrogen (secondary N) is 1. The van der Waals surface area contributed by atoms with Crippen molar-refractivity contribution in [2.45, 2.75) is 26.4 Å². The van der Waals surface area contributed by atoms with Crippen molar-refractivity contribution in [1.29, 1.82) is 0 Å². The fourth-order valence-corrected chi connectivity index (χ4v) is 1.26. The largest absolute Gasteiger partial charge is 0.494 e. The molecule has 1 aromatic rings. The smallest absolute Gasteiger partial charge is 0.236 e. The van der Waals surface area contributed by atoms with Crippen LogP contribution in [0.5, 0.6) is 5.75 Å². The molecule has 0 aromatic heterocycles. The van der Waals surface area contributed by atoms with Gasteiger partial charge in [-0.05, 0) is 31.5 Å². The molecule has 96 valence electrons. The highest BCUT2D eigenvalue weighted by atomic mass is 35.5. The number of hydrogen-bond acceptors (Lipinski definition) is 3. The van der Waals surface area contributed by atoms with Gasteiger partial charge < -0.3 is 15.8 Å². The van der Waals surface area contributed by atoms with Gasteiger partial charge in [0.2, 0.25) is 5.91 Å². The first-order valence-corrected chi connectivity index (χ1v) is 5.38. The number of benzene rings is 1. The van der Waals surface area contributed by atoms with E-state index in [2.05, 4.69) is 5.32 Å². The van der Waals surface area contributed by atoms with Gasteiger partial charge in [0, 0.05) is 6.54 Å². The van der Waals surface area contributed by atoms with E-state index in [1.54, 1.807) is 6.92 Å². The summed E-state index contributed by atoms with van der Waals surface area (Å²) in [5.41, 5.74) is 6.44. The lowest BCUT2D eigenvalue weighted by molar-refractivity contribution is -0.122. The van der Waals surface area contributed by atoms with Crippen LogP contribution in [0.2, 0.25) is 0 Å². The molecular formula is C12H19ClN2O2. The maximum absolute atomic E-state index is 11.3. The molecule has 0 aliphatic carbocycles. The Kier molecular flexibility index (Phi) is 7.34. The first-order chi connectivity index (χ1) is 7.63. The fraction of sp³-hybridized carbons (Fsp3) is 0.417. The van der Waals surface area contributed by atoms with E-state index >= 15 is 0 Å². The Labute approximate surface area is 108 Å². The molecule has 1 atom stereocenters. The molecule has 5 heteroatoms. The van der Waals surface area contributed by atoms with Crippen molar-refractivity contribution >= 4 is 18.3 Å². The van der Waals surface area contributed by atoms with Gasteiger partial charge in [-0.3, -0.25) is 4.79 Å². The topological polar surface area (TPSA) is 64.3 Å². The fourth-order valence-electron chi connectivity index (χ4n) is 1.26. The number of carbonyl (C=O) groups is 1. The lowest BCUT2D eigenvalue weighted by atomic mass is 10.2. The monoisotopic (exact) mass is 258 g/mol. The molecule has 0 fully saturated rings. The Hall–Kier alpha value is -1.26. The molecule has 3 N–H and O–H groups in total. The average Bonchev–Trinajstić information content (AvgIpc) is 2.26. The van der Waals surface area contributed by atoms with Crippen molar-refractivity contribution < 1.29 is 9.53 Å². The van der Waals surface area contributed by atoms with E-state index in [4.69, 9.17) is 10.5 Å². The number of carbonyl (C=O) groups excluding carboxylic acids is 1. The summed E-state index contributed by atoms with van der Waals surface area (Å²) in [6, 6.07) is 7.16. The Balaban J connectivity index is 0.00000256. The Morgan fingerprint density at radius 3 is 2.82 bits per heavy atom. The minimum absolute atomic E-state index is 0. The van der Waals surface area contributed by atoms with E-state index in [9.17, 15) is 4.79 Å². The van der Waals surface area contributed by atoms with Crippen molar-refractivity contribution in [3.05, 3.63) is 29.8 Å². The summed E-state index contributed by atoms with van der Waals surface area (Å²) < 4.78 is 5.36. The van der Waals surface area contributed by atoms with Gasteiger partial charge in [-0.1, -0.05) is 12.1 Å².